The predicted octanol–water partition coefficient (Wildman–Crippen LogP) is 3.38. The number of amides is 1. The summed E-state index contributed by atoms with van der Waals surface area (Å²) >= 11 is 0. The van der Waals surface area contributed by atoms with Crippen LogP contribution in [0.4, 0.5) is 0 Å². The van der Waals surface area contributed by atoms with Gasteiger partial charge in [0.2, 0.25) is 5.76 Å². The second-order valence-corrected chi connectivity index (χ2v) is 7.15. The average molecular weight is 328 g/mol. The van der Waals surface area contributed by atoms with Gasteiger partial charge in [0.15, 0.2) is 0 Å². The van der Waals surface area contributed by atoms with Gasteiger partial charge in [0.1, 0.15) is 0 Å². The van der Waals surface area contributed by atoms with Crippen LogP contribution in [0.1, 0.15) is 77.9 Å². The molecule has 6 heteroatoms. The molecule has 1 unspecified atom stereocenters. The minimum Gasteiger partial charge on any atom is -0.351 e. The van der Waals surface area contributed by atoms with Crippen LogP contribution in [0.2, 0.25) is 0 Å². The molecule has 0 radical (unpaired) electrons. The molecular formula is C18H24N4O2. The Labute approximate surface area is 141 Å². The van der Waals surface area contributed by atoms with E-state index in [0.717, 1.165) is 42.8 Å². The number of aromatic nitrogens is 3. The number of aryl methyl sites for hydroxylation is 1. The van der Waals surface area contributed by atoms with Crippen molar-refractivity contribution in [3.05, 3.63) is 35.0 Å². The Morgan fingerprint density at radius 2 is 2.08 bits per heavy atom. The molecule has 1 aliphatic heterocycles. The van der Waals surface area contributed by atoms with E-state index in [-0.39, 0.29) is 5.91 Å². The number of rotatable bonds is 3. The molecular weight excluding hydrogens is 304 g/mol. The van der Waals surface area contributed by atoms with Crippen molar-refractivity contribution in [2.24, 2.45) is 0 Å². The highest BCUT2D eigenvalue weighted by Crippen LogP contribution is 2.33. The molecule has 128 valence electrons. The van der Waals surface area contributed by atoms with Gasteiger partial charge >= 0.3 is 0 Å². The summed E-state index contributed by atoms with van der Waals surface area (Å²) in [4.78, 5) is 14.6. The summed E-state index contributed by atoms with van der Waals surface area (Å²) in [6.07, 6.45) is 8.92. The van der Waals surface area contributed by atoms with Crippen LogP contribution in [-0.2, 0) is 0 Å². The summed E-state index contributed by atoms with van der Waals surface area (Å²) < 4.78 is 5.38. The largest absolute Gasteiger partial charge is 0.351 e. The molecule has 0 bridgehead atoms. The van der Waals surface area contributed by atoms with Crippen LogP contribution in [0.25, 0.3) is 0 Å². The van der Waals surface area contributed by atoms with E-state index in [9.17, 15) is 4.79 Å². The van der Waals surface area contributed by atoms with E-state index in [2.05, 4.69) is 22.3 Å². The minimum atomic E-state index is -0.0378. The maximum atomic E-state index is 12.7. The molecule has 1 aliphatic carbocycles. The van der Waals surface area contributed by atoms with Crippen molar-refractivity contribution in [3.8, 4) is 0 Å². The molecule has 1 saturated carbocycles. The van der Waals surface area contributed by atoms with Gasteiger partial charge in [-0.3, -0.25) is 9.89 Å². The van der Waals surface area contributed by atoms with E-state index >= 15 is 0 Å². The molecule has 2 fully saturated rings. The van der Waals surface area contributed by atoms with Crippen molar-refractivity contribution in [1.82, 2.24) is 20.3 Å². The zero-order valence-corrected chi connectivity index (χ0v) is 14.1. The quantitative estimate of drug-likeness (QED) is 0.937. The van der Waals surface area contributed by atoms with Crippen LogP contribution in [0.15, 0.2) is 16.8 Å². The monoisotopic (exact) mass is 328 g/mol. The number of hydrogen-bond donors (Lipinski definition) is 1. The van der Waals surface area contributed by atoms with Crippen LogP contribution < -0.4 is 0 Å². The van der Waals surface area contributed by atoms with E-state index < -0.39 is 0 Å². The summed E-state index contributed by atoms with van der Waals surface area (Å²) in [5, 5.41) is 11.3. The van der Waals surface area contributed by atoms with Crippen LogP contribution in [0, 0.1) is 6.92 Å². The normalized spacial score (nSPS) is 22.2. The Bertz CT molecular complexity index is 714. The number of nitrogens with one attached hydrogen (secondary N) is 1. The number of aromatic amines is 1. The van der Waals surface area contributed by atoms with Gasteiger partial charge in [-0.05, 0) is 31.7 Å². The highest BCUT2D eigenvalue weighted by atomic mass is 16.5. The van der Waals surface area contributed by atoms with Gasteiger partial charge in [0.25, 0.3) is 5.91 Å². The van der Waals surface area contributed by atoms with Crippen molar-refractivity contribution < 1.29 is 9.32 Å². The van der Waals surface area contributed by atoms with Crippen molar-refractivity contribution in [1.29, 1.82) is 0 Å². The molecule has 2 aromatic heterocycles. The molecule has 0 aromatic carbocycles. The Morgan fingerprint density at radius 3 is 2.83 bits per heavy atom. The Kier molecular flexibility index (Phi) is 4.12. The molecule has 1 N–H and O–H groups in total. The first kappa shape index (κ1) is 15.4. The van der Waals surface area contributed by atoms with Gasteiger partial charge < -0.3 is 9.42 Å². The van der Waals surface area contributed by atoms with Crippen LogP contribution in [0.5, 0.6) is 0 Å². The summed E-state index contributed by atoms with van der Waals surface area (Å²) in [6.45, 7) is 3.51. The second kappa shape index (κ2) is 6.42. The van der Waals surface area contributed by atoms with Crippen molar-refractivity contribution in [2.45, 2.75) is 57.3 Å². The molecule has 1 amide bonds. The number of nitrogens with zero attached hydrogens (tertiary/aromatic N) is 3. The number of carbonyl (C=O) groups is 1. The number of H-pyrrole nitrogens is 1. The lowest BCUT2D eigenvalue weighted by atomic mass is 9.87. The first-order valence-corrected chi connectivity index (χ1v) is 8.98. The third-order valence-electron chi connectivity index (χ3n) is 5.51. The molecule has 2 aromatic rings. The van der Waals surface area contributed by atoms with Crippen molar-refractivity contribution in [3.63, 3.8) is 0 Å². The second-order valence-electron chi connectivity index (χ2n) is 7.15. The average Bonchev–Trinajstić information content (AvgIpc) is 3.35. The lowest BCUT2D eigenvalue weighted by molar-refractivity contribution is 0.0749. The maximum Gasteiger partial charge on any atom is 0.292 e. The zero-order chi connectivity index (χ0) is 16.5. The zero-order valence-electron chi connectivity index (χ0n) is 14.1. The predicted molar refractivity (Wildman–Crippen MR) is 88.9 cm³/mol. The molecule has 2 aliphatic rings. The number of carbonyl (C=O) groups excluding carboxylic acids is 1. The third kappa shape index (κ3) is 2.85. The molecule has 1 atom stereocenters. The van der Waals surface area contributed by atoms with E-state index in [0.29, 0.717) is 24.1 Å². The lowest BCUT2D eigenvalue weighted by Crippen LogP contribution is -2.28. The number of likely N-dealkylation sites (tertiary alicyclic amines) is 1. The molecule has 24 heavy (non-hydrogen) atoms. The minimum absolute atomic E-state index is 0.0378. The summed E-state index contributed by atoms with van der Waals surface area (Å²) in [6, 6.07) is 1.87. The van der Waals surface area contributed by atoms with Crippen LogP contribution >= 0.6 is 0 Å². The third-order valence-corrected chi connectivity index (χ3v) is 5.51. The molecule has 4 rings (SSSR count). The topological polar surface area (TPSA) is 75.0 Å². The van der Waals surface area contributed by atoms with Crippen molar-refractivity contribution >= 4 is 5.91 Å². The van der Waals surface area contributed by atoms with Gasteiger partial charge in [-0.25, -0.2) is 0 Å². The molecule has 1 saturated heterocycles. The maximum absolute atomic E-state index is 12.7. The highest BCUT2D eigenvalue weighted by molar-refractivity contribution is 5.91. The fourth-order valence-corrected chi connectivity index (χ4v) is 4.09. The molecule has 6 nitrogen and oxygen atoms in total. The fourth-order valence-electron chi connectivity index (χ4n) is 4.09. The summed E-state index contributed by atoms with van der Waals surface area (Å²) in [5.74, 6) is 1.14. The lowest BCUT2D eigenvalue weighted by Gasteiger charge is -2.18. The van der Waals surface area contributed by atoms with Gasteiger partial charge in [-0.2, -0.15) is 5.10 Å². The van der Waals surface area contributed by atoms with Crippen LogP contribution in [-0.4, -0.2) is 39.3 Å². The molecule has 0 spiro atoms. The van der Waals surface area contributed by atoms with Gasteiger partial charge in [0.05, 0.1) is 11.9 Å². The fraction of sp³-hybridized carbons (Fsp3) is 0.611. The number of hydrogen-bond acceptors (Lipinski definition) is 4. The first-order valence-electron chi connectivity index (χ1n) is 8.98. The van der Waals surface area contributed by atoms with E-state index in [1.165, 1.54) is 19.3 Å². The van der Waals surface area contributed by atoms with E-state index in [1.807, 2.05) is 17.2 Å². The highest BCUT2D eigenvalue weighted by Gasteiger charge is 2.32. The van der Waals surface area contributed by atoms with Crippen molar-refractivity contribution in [2.75, 3.05) is 13.1 Å². The van der Waals surface area contributed by atoms with Gasteiger partial charge in [-0.15, -0.1) is 0 Å². The standard InChI is InChI=1S/C18H24N4O2/c1-12-10-19-20-17(12)14-7-8-22(11-14)18(23)16-9-15(21-24-16)13-5-3-2-4-6-13/h9-10,13-14H,2-8,11H2,1H3,(H,19,20). The Hall–Kier alpha value is -2.11. The summed E-state index contributed by atoms with van der Waals surface area (Å²) in [7, 11) is 0. The first-order chi connectivity index (χ1) is 11.7. The van der Waals surface area contributed by atoms with E-state index in [1.54, 1.807) is 0 Å². The van der Waals surface area contributed by atoms with Crippen LogP contribution in [0.3, 0.4) is 0 Å². The van der Waals surface area contributed by atoms with Gasteiger partial charge in [0, 0.05) is 36.7 Å². The Morgan fingerprint density at radius 1 is 1.25 bits per heavy atom. The SMILES string of the molecule is Cc1cn[nH]c1C1CCN(C(=O)c2cc(C3CCCCC3)no2)C1. The molecule has 3 heterocycles. The van der Waals surface area contributed by atoms with Gasteiger partial charge in [-0.1, -0.05) is 24.4 Å². The smallest absolute Gasteiger partial charge is 0.292 e. The Balaban J connectivity index is 1.43. The summed E-state index contributed by atoms with van der Waals surface area (Å²) in [5.41, 5.74) is 3.26. The van der Waals surface area contributed by atoms with E-state index in [4.69, 9.17) is 4.52 Å².